The number of carboxylic acid groups (broad SMARTS) is 1. The van der Waals surface area contributed by atoms with Crippen LogP contribution in [0, 0.1) is 0 Å². The van der Waals surface area contributed by atoms with Gasteiger partial charge in [-0.2, -0.15) is 10.2 Å². The Balaban J connectivity index is 0.000000187. The summed E-state index contributed by atoms with van der Waals surface area (Å²) in [6, 6.07) is 47.3. The van der Waals surface area contributed by atoms with Crippen molar-refractivity contribution in [1.29, 1.82) is 0 Å². The molecule has 652 valence electrons. The maximum absolute atomic E-state index is 13.7. The highest BCUT2D eigenvalue weighted by Gasteiger charge is 2.34. The third-order valence-corrected chi connectivity index (χ3v) is 22.5. The highest BCUT2D eigenvalue weighted by molar-refractivity contribution is 6.01. The number of nitrogens with zero attached hydrogens (tertiary/aromatic N) is 10. The number of aromatic nitrogens is 6. The molecule has 0 unspecified atom stereocenters. The van der Waals surface area contributed by atoms with E-state index in [0.717, 1.165) is 143 Å². The summed E-state index contributed by atoms with van der Waals surface area (Å²) >= 11 is 0. The summed E-state index contributed by atoms with van der Waals surface area (Å²) in [5, 5.41) is 36.8. The van der Waals surface area contributed by atoms with Crippen LogP contribution in [0.1, 0.15) is 195 Å². The lowest BCUT2D eigenvalue weighted by Crippen LogP contribution is -2.54. The van der Waals surface area contributed by atoms with Gasteiger partial charge < -0.3 is 66.2 Å². The Morgan fingerprint density at radius 1 is 0.472 bits per heavy atom. The predicted molar refractivity (Wildman–Crippen MR) is 480 cm³/mol. The molecule has 10 aromatic rings. The number of carbonyl (C=O) groups excluding carboxylic acids is 5. The Bertz CT molecular complexity index is 5330. The van der Waals surface area contributed by atoms with Gasteiger partial charge in [0, 0.05) is 181 Å². The first-order chi connectivity index (χ1) is 59.1. The fourth-order valence-corrected chi connectivity index (χ4v) is 16.1. The Hall–Kier alpha value is -11.6. The Morgan fingerprint density at radius 2 is 0.829 bits per heavy atom. The number of rotatable bonds is 25. The molecule has 27 nitrogen and oxygen atoms in total. The van der Waals surface area contributed by atoms with E-state index in [1.165, 1.54) is 34.4 Å². The van der Waals surface area contributed by atoms with Gasteiger partial charge in [0.1, 0.15) is 11.2 Å². The number of fused-ring (bicyclic) bond motifs is 2. The van der Waals surface area contributed by atoms with E-state index >= 15 is 0 Å². The molecule has 4 aliphatic rings. The Morgan fingerprint density at radius 3 is 1.20 bits per heavy atom. The zero-order valence-electron chi connectivity index (χ0n) is 73.4. The van der Waals surface area contributed by atoms with Gasteiger partial charge in [0.2, 0.25) is 0 Å². The molecule has 14 rings (SSSR count). The fourth-order valence-electron chi connectivity index (χ4n) is 16.1. The van der Waals surface area contributed by atoms with Gasteiger partial charge in [0.25, 0.3) is 17.7 Å². The minimum atomic E-state index is -1.07. The third kappa shape index (κ3) is 24.2. The molecule has 2 atom stereocenters. The van der Waals surface area contributed by atoms with Gasteiger partial charge in [-0.05, 0) is 213 Å². The topological polar surface area (TPSA) is 320 Å². The number of pyridine rings is 2. The average Bonchev–Trinajstić information content (AvgIpc) is 1.66. The number of anilines is 2. The molecule has 8 heterocycles. The van der Waals surface area contributed by atoms with Crippen LogP contribution in [0.15, 0.2) is 158 Å². The number of aryl methyl sites for hydroxylation is 4. The number of carboxylic acids is 1. The SMILES string of the molecule is CCc1nc2c(cnn2CC)c(NC2CCOCC2)c1CNC(=O)c1cccc(C(=O)NCc2cccc(-c3cccc(CN4CCN(C(=O)OC(C)(C)C)[C@@H](C)C4)c3)c2)c1.CCc1nc2c(cnn2CC)c(NC2CCOCC2)c1CNC(=O)c1cccc(C(=O)O)c1.C[C@H]1CN(Cc2cccc(-c3cccc(CN)c3)c2)CCN1C(=O)OC(C)(C)C. The van der Waals surface area contributed by atoms with E-state index in [-0.39, 0.29) is 72.7 Å². The number of benzene rings is 6. The zero-order valence-corrected chi connectivity index (χ0v) is 73.4. The van der Waals surface area contributed by atoms with Crippen LogP contribution in [-0.4, -0.2) is 191 Å². The number of hydrogen-bond acceptors (Lipinski definition) is 19. The molecule has 4 aromatic heterocycles. The standard InChI is InChI=1S/C48H60N8O5.C24H29N5O4.C24H33N3O2/c1-7-42-40(43(52-39-18-22-60-23-19-39)41-29-51-56(8-2)44(41)53-42)28-50-46(58)38-17-11-16-37(26-38)45(57)49-27-33-12-9-14-35(24-33)36-15-10-13-34(25-36)31-54-20-21-55(32(3)30-54)47(59)61-48(4,5)6;1-3-20-18(13-25-23(30)15-6-5-7-16(12-15)24(31)32)21(27-17-8-10-33-11-9-17)19-14-26-29(4-2)22(19)28-20;1-18-16-26(11-12-27(18)23(28)29-24(2,3)4)17-20-8-6-10-22(14-20)21-9-5-7-19(13-21)15-25/h9-17,24-26,29,32,39H,7-8,18-23,27-28,30-31H2,1-6H3,(H,49,57)(H,50,58)(H,52,53);5-7,12,14,17H,3-4,8-11,13H2,1-2H3,(H,25,30)(H,27,28)(H,31,32);5-10,13-14,18H,11-12,15-17,25H2,1-4H3/t32-;;18-/m0.0/s1. The molecule has 0 saturated carbocycles. The molecule has 8 N–H and O–H groups in total. The minimum absolute atomic E-state index is 0.0488. The van der Waals surface area contributed by atoms with Crippen molar-refractivity contribution in [2.45, 2.75) is 209 Å². The van der Waals surface area contributed by atoms with Crippen LogP contribution in [0.2, 0.25) is 0 Å². The number of hydrogen-bond donors (Lipinski definition) is 7. The van der Waals surface area contributed by atoms with Gasteiger partial charge in [0.15, 0.2) is 11.3 Å². The lowest BCUT2D eigenvalue weighted by molar-refractivity contribution is -0.000424. The predicted octanol–water partition coefficient (Wildman–Crippen LogP) is 15.1. The molecule has 0 bridgehead atoms. The highest BCUT2D eigenvalue weighted by Crippen LogP contribution is 2.35. The number of carbonyl (C=O) groups is 6. The molecule has 4 fully saturated rings. The molecule has 4 aliphatic heterocycles. The zero-order chi connectivity index (χ0) is 87.5. The molecule has 0 aliphatic carbocycles. The van der Waals surface area contributed by atoms with Crippen molar-refractivity contribution >= 4 is 69.3 Å². The summed E-state index contributed by atoms with van der Waals surface area (Å²) < 4.78 is 26.1. The molecule has 0 spiro atoms. The smallest absolute Gasteiger partial charge is 0.410 e. The normalized spacial score (nSPS) is 16.2. The maximum atomic E-state index is 13.7. The molecule has 27 heteroatoms. The van der Waals surface area contributed by atoms with Gasteiger partial charge in [-0.15, -0.1) is 0 Å². The lowest BCUT2D eigenvalue weighted by atomic mass is 10.0. The summed E-state index contributed by atoms with van der Waals surface area (Å²) in [4.78, 5) is 94.7. The van der Waals surface area contributed by atoms with Crippen LogP contribution in [0.25, 0.3) is 44.3 Å². The van der Waals surface area contributed by atoms with Gasteiger partial charge in [-0.3, -0.25) is 24.2 Å². The van der Waals surface area contributed by atoms with E-state index in [1.807, 2.05) is 99.1 Å². The van der Waals surface area contributed by atoms with E-state index in [1.54, 1.807) is 36.4 Å². The van der Waals surface area contributed by atoms with Crippen LogP contribution in [0.5, 0.6) is 0 Å². The van der Waals surface area contributed by atoms with Crippen molar-refractivity contribution in [3.8, 4) is 22.3 Å². The van der Waals surface area contributed by atoms with E-state index in [0.29, 0.717) is 95.2 Å². The van der Waals surface area contributed by atoms with Gasteiger partial charge in [-0.1, -0.05) is 98.8 Å². The monoisotopic (exact) mass is 1670 g/mol. The lowest BCUT2D eigenvalue weighted by Gasteiger charge is -2.40. The molecular weight excluding hydrogens is 1550 g/mol. The van der Waals surface area contributed by atoms with Gasteiger partial charge in [0.05, 0.1) is 40.1 Å². The summed E-state index contributed by atoms with van der Waals surface area (Å²) in [5.74, 6) is -1.93. The van der Waals surface area contributed by atoms with Crippen molar-refractivity contribution in [2.24, 2.45) is 5.73 Å². The number of nitrogens with one attached hydrogen (secondary N) is 5. The van der Waals surface area contributed by atoms with E-state index < -0.39 is 17.2 Å². The number of nitrogens with two attached hydrogens (primary N) is 1. The fraction of sp³-hybridized carbons (Fsp3) is 0.438. The number of piperazine rings is 2. The number of aromatic carboxylic acids is 1. The molecule has 6 aromatic carbocycles. The van der Waals surface area contributed by atoms with E-state index in [9.17, 15) is 33.9 Å². The second-order valence-electron chi connectivity index (χ2n) is 34.0. The number of amides is 5. The van der Waals surface area contributed by atoms with Gasteiger partial charge in [-0.25, -0.2) is 33.7 Å². The first-order valence-corrected chi connectivity index (χ1v) is 43.4. The molecule has 123 heavy (non-hydrogen) atoms. The van der Waals surface area contributed by atoms with Crippen LogP contribution in [0.4, 0.5) is 21.0 Å². The maximum Gasteiger partial charge on any atom is 0.410 e. The van der Waals surface area contributed by atoms with Crippen LogP contribution in [0.3, 0.4) is 0 Å². The Kier molecular flexibility index (Phi) is 30.9. The van der Waals surface area contributed by atoms with Crippen molar-refractivity contribution in [1.82, 2.24) is 65.1 Å². The second-order valence-corrected chi connectivity index (χ2v) is 34.0. The van der Waals surface area contributed by atoms with E-state index in [4.69, 9.17) is 34.6 Å². The largest absolute Gasteiger partial charge is 0.478 e. The number of ether oxygens (including phenoxy) is 4. The Labute approximate surface area is 722 Å². The summed E-state index contributed by atoms with van der Waals surface area (Å²) in [6.45, 7) is 35.6. The first-order valence-electron chi connectivity index (χ1n) is 43.4. The molecular formula is C96H122N16O11. The van der Waals surface area contributed by atoms with Crippen molar-refractivity contribution in [3.05, 3.63) is 225 Å². The van der Waals surface area contributed by atoms with Crippen molar-refractivity contribution in [3.63, 3.8) is 0 Å². The quantitative estimate of drug-likeness (QED) is 0.0279. The average molecular weight is 1680 g/mol. The van der Waals surface area contributed by atoms with Crippen molar-refractivity contribution in [2.75, 3.05) is 76.3 Å². The molecule has 5 amide bonds. The third-order valence-electron chi connectivity index (χ3n) is 22.5. The highest BCUT2D eigenvalue weighted by atomic mass is 16.6. The van der Waals surface area contributed by atoms with E-state index in [2.05, 4.69) is 159 Å². The second kappa shape index (κ2) is 42.0. The van der Waals surface area contributed by atoms with Gasteiger partial charge >= 0.3 is 18.2 Å². The first kappa shape index (κ1) is 90.6. The molecule has 0 radical (unpaired) electrons. The van der Waals surface area contributed by atoms with Crippen LogP contribution < -0.4 is 32.3 Å². The summed E-state index contributed by atoms with van der Waals surface area (Å²) in [5.41, 5.74) is 22.3. The summed E-state index contributed by atoms with van der Waals surface area (Å²) in [6.07, 6.45) is 8.21. The summed E-state index contributed by atoms with van der Waals surface area (Å²) in [7, 11) is 0. The van der Waals surface area contributed by atoms with Crippen molar-refractivity contribution < 1.29 is 52.8 Å². The van der Waals surface area contributed by atoms with Crippen LogP contribution in [-0.2, 0) is 84.1 Å². The molecule has 4 saturated heterocycles. The minimum Gasteiger partial charge on any atom is -0.478 e. The van der Waals surface area contributed by atoms with Crippen LogP contribution >= 0.6 is 0 Å².